The van der Waals surface area contributed by atoms with Gasteiger partial charge in [-0.3, -0.25) is 4.90 Å². The molecule has 0 saturated carbocycles. The molecule has 1 aliphatic heterocycles. The van der Waals surface area contributed by atoms with Crippen LogP contribution in [0.15, 0.2) is 0 Å². The van der Waals surface area contributed by atoms with E-state index >= 15 is 0 Å². The van der Waals surface area contributed by atoms with Crippen molar-refractivity contribution in [2.24, 2.45) is 5.41 Å². The molecule has 1 N–H and O–H groups in total. The van der Waals surface area contributed by atoms with E-state index in [-0.39, 0.29) is 0 Å². The molecule has 0 aromatic carbocycles. The maximum absolute atomic E-state index is 4.25. The minimum Gasteiger partial charge on any atom is -0.374 e. The molecule has 1 fully saturated rings. The second-order valence-electron chi connectivity index (χ2n) is 5.52. The average molecular weight is 268 g/mol. The molecule has 1 aromatic rings. The number of anilines is 1. The summed E-state index contributed by atoms with van der Waals surface area (Å²) in [6.45, 7) is 11.1. The molecule has 0 unspecified atom stereocenters. The number of nitrogens with one attached hydrogen (secondary N) is 1. The average Bonchev–Trinajstić information content (AvgIpc) is 2.81. The summed E-state index contributed by atoms with van der Waals surface area (Å²) in [6.07, 6.45) is 3.90. The van der Waals surface area contributed by atoms with Crippen LogP contribution in [0.1, 0.15) is 45.7 Å². The molecule has 0 amide bonds. The van der Waals surface area contributed by atoms with Gasteiger partial charge >= 0.3 is 0 Å². The Labute approximate surface area is 114 Å². The summed E-state index contributed by atoms with van der Waals surface area (Å²) in [7, 11) is 0. The first-order valence-corrected chi connectivity index (χ1v) is 7.71. The Hall–Kier alpha value is -0.680. The normalized spacial score (nSPS) is 19.9. The molecule has 0 atom stereocenters. The fourth-order valence-electron chi connectivity index (χ4n) is 2.42. The van der Waals surface area contributed by atoms with E-state index in [4.69, 9.17) is 0 Å². The summed E-state index contributed by atoms with van der Waals surface area (Å²) >= 11 is 1.47. The molecule has 1 saturated heterocycles. The van der Waals surface area contributed by atoms with Crippen molar-refractivity contribution in [3.63, 3.8) is 0 Å². The van der Waals surface area contributed by atoms with Crippen LogP contribution in [0.2, 0.25) is 0 Å². The molecule has 5 heteroatoms. The minimum absolute atomic E-state index is 0.557. The number of hydrogen-bond donors (Lipinski definition) is 1. The molecule has 18 heavy (non-hydrogen) atoms. The highest BCUT2D eigenvalue weighted by Crippen LogP contribution is 2.34. The Morgan fingerprint density at radius 2 is 2.06 bits per heavy atom. The van der Waals surface area contributed by atoms with Gasteiger partial charge < -0.3 is 5.32 Å². The van der Waals surface area contributed by atoms with Gasteiger partial charge in [0.05, 0.1) is 0 Å². The van der Waals surface area contributed by atoms with E-state index in [0.29, 0.717) is 5.41 Å². The molecular formula is C13H24N4S. The SMILES string of the molecule is CCNc1snnc1CN1CCC(C)(CC)CC1. The van der Waals surface area contributed by atoms with Crippen molar-refractivity contribution in [2.45, 2.75) is 46.6 Å². The third-order valence-electron chi connectivity index (χ3n) is 4.18. The summed E-state index contributed by atoms with van der Waals surface area (Å²) < 4.78 is 4.05. The van der Waals surface area contributed by atoms with Gasteiger partial charge in [0.2, 0.25) is 0 Å². The second-order valence-corrected chi connectivity index (χ2v) is 6.27. The van der Waals surface area contributed by atoms with Crippen LogP contribution in [0.5, 0.6) is 0 Å². The van der Waals surface area contributed by atoms with Gasteiger partial charge in [0, 0.05) is 24.6 Å². The summed E-state index contributed by atoms with van der Waals surface area (Å²) in [6, 6.07) is 0. The van der Waals surface area contributed by atoms with Crippen molar-refractivity contribution in [3.05, 3.63) is 5.69 Å². The lowest BCUT2D eigenvalue weighted by atomic mass is 9.78. The van der Waals surface area contributed by atoms with E-state index in [2.05, 4.69) is 40.6 Å². The molecule has 4 nitrogen and oxygen atoms in total. The lowest BCUT2D eigenvalue weighted by Gasteiger charge is -2.38. The van der Waals surface area contributed by atoms with Crippen molar-refractivity contribution >= 4 is 16.5 Å². The molecular weight excluding hydrogens is 244 g/mol. The van der Waals surface area contributed by atoms with E-state index in [0.717, 1.165) is 23.8 Å². The number of aromatic nitrogens is 2. The molecule has 1 aromatic heterocycles. The predicted octanol–water partition coefficient (Wildman–Crippen LogP) is 2.98. The van der Waals surface area contributed by atoms with Crippen LogP contribution < -0.4 is 5.32 Å². The van der Waals surface area contributed by atoms with Gasteiger partial charge in [0.1, 0.15) is 10.7 Å². The van der Waals surface area contributed by atoms with Crippen molar-refractivity contribution in [3.8, 4) is 0 Å². The first-order chi connectivity index (χ1) is 8.67. The third-order valence-corrected chi connectivity index (χ3v) is 4.91. The van der Waals surface area contributed by atoms with Gasteiger partial charge in [-0.15, -0.1) is 5.10 Å². The van der Waals surface area contributed by atoms with Crippen LogP contribution in [-0.4, -0.2) is 34.1 Å². The van der Waals surface area contributed by atoms with Crippen molar-refractivity contribution in [2.75, 3.05) is 25.0 Å². The highest BCUT2D eigenvalue weighted by atomic mass is 32.1. The summed E-state index contributed by atoms with van der Waals surface area (Å²) in [5, 5.41) is 8.73. The molecule has 0 radical (unpaired) electrons. The first kappa shape index (κ1) is 13.7. The van der Waals surface area contributed by atoms with E-state index in [1.54, 1.807) is 0 Å². The van der Waals surface area contributed by atoms with Crippen LogP contribution in [0.25, 0.3) is 0 Å². The van der Waals surface area contributed by atoms with Crippen LogP contribution in [0.4, 0.5) is 5.00 Å². The van der Waals surface area contributed by atoms with Crippen LogP contribution >= 0.6 is 11.5 Å². The second kappa shape index (κ2) is 5.97. The van der Waals surface area contributed by atoms with Gasteiger partial charge in [-0.05, 0) is 38.3 Å². The monoisotopic (exact) mass is 268 g/mol. The Morgan fingerprint density at radius 1 is 1.33 bits per heavy atom. The van der Waals surface area contributed by atoms with E-state index < -0.39 is 0 Å². The van der Waals surface area contributed by atoms with Gasteiger partial charge in [-0.2, -0.15) is 0 Å². The van der Waals surface area contributed by atoms with Crippen molar-refractivity contribution in [1.29, 1.82) is 0 Å². The topological polar surface area (TPSA) is 41.1 Å². The first-order valence-electron chi connectivity index (χ1n) is 6.94. The van der Waals surface area contributed by atoms with Gasteiger partial charge in [0.15, 0.2) is 0 Å². The molecule has 2 rings (SSSR count). The molecule has 1 aliphatic rings. The smallest absolute Gasteiger partial charge is 0.134 e. The summed E-state index contributed by atoms with van der Waals surface area (Å²) in [5.74, 6) is 0. The van der Waals surface area contributed by atoms with Crippen LogP contribution in [0.3, 0.4) is 0 Å². The zero-order valence-corrected chi connectivity index (χ0v) is 12.5. The zero-order valence-electron chi connectivity index (χ0n) is 11.7. The van der Waals surface area contributed by atoms with Crippen LogP contribution in [-0.2, 0) is 6.54 Å². The quantitative estimate of drug-likeness (QED) is 0.891. The Bertz CT molecular complexity index is 369. The van der Waals surface area contributed by atoms with E-state index in [9.17, 15) is 0 Å². The third kappa shape index (κ3) is 3.20. The number of likely N-dealkylation sites (tertiary alicyclic amines) is 1. The summed E-state index contributed by atoms with van der Waals surface area (Å²) in [4.78, 5) is 2.51. The number of nitrogens with zero attached hydrogens (tertiary/aromatic N) is 3. The maximum Gasteiger partial charge on any atom is 0.134 e. The van der Waals surface area contributed by atoms with Crippen molar-refractivity contribution < 1.29 is 0 Å². The lowest BCUT2D eigenvalue weighted by Crippen LogP contribution is -2.38. The largest absolute Gasteiger partial charge is 0.374 e. The molecule has 0 bridgehead atoms. The highest BCUT2D eigenvalue weighted by Gasteiger charge is 2.28. The highest BCUT2D eigenvalue weighted by molar-refractivity contribution is 7.10. The minimum atomic E-state index is 0.557. The van der Waals surface area contributed by atoms with Gasteiger partial charge in [0.25, 0.3) is 0 Å². The summed E-state index contributed by atoms with van der Waals surface area (Å²) in [5.41, 5.74) is 1.67. The number of piperidine rings is 1. The zero-order chi connectivity index (χ0) is 13.0. The number of rotatable bonds is 5. The Kier molecular flexibility index (Phi) is 4.56. The lowest BCUT2D eigenvalue weighted by molar-refractivity contribution is 0.109. The van der Waals surface area contributed by atoms with E-state index in [1.807, 2.05) is 0 Å². The van der Waals surface area contributed by atoms with E-state index in [1.165, 1.54) is 43.9 Å². The molecule has 102 valence electrons. The predicted molar refractivity (Wildman–Crippen MR) is 77.0 cm³/mol. The van der Waals surface area contributed by atoms with Gasteiger partial charge in [-0.25, -0.2) is 0 Å². The number of hydrogen-bond acceptors (Lipinski definition) is 5. The van der Waals surface area contributed by atoms with Gasteiger partial charge in [-0.1, -0.05) is 24.8 Å². The molecule has 0 spiro atoms. The molecule has 2 heterocycles. The Balaban J connectivity index is 1.89. The van der Waals surface area contributed by atoms with Crippen LogP contribution in [0, 0.1) is 5.41 Å². The standard InChI is InChI=1S/C13H24N4S/c1-4-13(3)6-8-17(9-7-13)10-11-12(14-5-2)18-16-15-11/h14H,4-10H2,1-3H3. The maximum atomic E-state index is 4.25. The Morgan fingerprint density at radius 3 is 2.67 bits per heavy atom. The van der Waals surface area contributed by atoms with Crippen molar-refractivity contribution in [1.82, 2.24) is 14.5 Å². The fraction of sp³-hybridized carbons (Fsp3) is 0.846. The molecule has 0 aliphatic carbocycles. The fourth-order valence-corrected chi connectivity index (χ4v) is 3.06.